The number of thiazole rings is 1. The fourth-order valence-electron chi connectivity index (χ4n) is 14.8. The molecule has 9 aromatic rings. The summed E-state index contributed by atoms with van der Waals surface area (Å²) in [5.41, 5.74) is 17.7. The van der Waals surface area contributed by atoms with Crippen LogP contribution >= 0.6 is 45.3 Å². The summed E-state index contributed by atoms with van der Waals surface area (Å²) in [5, 5.41) is 0.813. The molecule has 0 saturated heterocycles. The smallest absolute Gasteiger partial charge is 0.261 e. The standard InChI is InChI=1S/C86H101BN4O5S4/c1-11-15-19-23-25-27-47-89-81(74-45-43-72(98-74)64-31-33-65(34-32-64)91(66-35-39-68(40-36-66)95-49-29-21-17-13-3)67-37-41-69(42-38-67)96-50-30-22-18-14-4)77-78(86(89)94)82(90(85(77)93)48-28-26-24-20-16-12-2)75-46-44-73(99-75)76-55-71(83(100-76)84-88-56-70(57-92)97-84)87(79-60(7)51-58(5)52-61(79)8)80-62(9)53-59(6)54-63(80)10/h31-46,51-57H,11-30,47-50H2,1-10H3. The van der Waals surface area contributed by atoms with Crippen LogP contribution in [-0.4, -0.2) is 65.9 Å². The highest BCUT2D eigenvalue weighted by molar-refractivity contribution is 7.28. The van der Waals surface area contributed by atoms with Gasteiger partial charge in [-0.2, -0.15) is 0 Å². The SMILES string of the molecule is CCCCCCCCN1C(=O)C2=C(c3ccc(-c4cc(B(c5c(C)cc(C)cc5C)c5c(C)cc(C)cc5C)c(-c5ncc(C=O)s5)s4)s3)N(CCCCCCCC)C(=O)C2=C1c1ccc(-c2ccc(N(c3ccc(OCCCCCC)cc3)c3ccc(OCCCCCC)cc3)cc2)s1. The largest absolute Gasteiger partial charge is 0.494 e. The molecule has 0 radical (unpaired) electrons. The van der Waals surface area contributed by atoms with E-state index < -0.39 is 0 Å². The van der Waals surface area contributed by atoms with Crippen LogP contribution in [0.3, 0.4) is 0 Å². The fourth-order valence-corrected chi connectivity index (χ4v) is 19.1. The number of unbranched alkanes of at least 4 members (excludes halogenated alkanes) is 16. The summed E-state index contributed by atoms with van der Waals surface area (Å²) in [6.07, 6.45) is 24.8. The van der Waals surface area contributed by atoms with Gasteiger partial charge in [-0.1, -0.05) is 211 Å². The molecule has 0 bridgehead atoms. The number of amides is 2. The van der Waals surface area contributed by atoms with E-state index in [1.165, 1.54) is 113 Å². The molecule has 0 saturated carbocycles. The van der Waals surface area contributed by atoms with E-state index in [2.05, 4.69) is 202 Å². The third-order valence-corrected chi connectivity index (χ3v) is 24.3. The number of ether oxygens (including phenoxy) is 2. The zero-order valence-electron chi connectivity index (χ0n) is 60.8. The normalized spacial score (nSPS) is 13.0. The van der Waals surface area contributed by atoms with Crippen molar-refractivity contribution < 1.29 is 23.9 Å². The number of anilines is 3. The third-order valence-electron chi connectivity index (χ3n) is 19.7. The number of nitrogens with zero attached hydrogens (tertiary/aromatic N) is 4. The first kappa shape index (κ1) is 73.6. The molecule has 11 rings (SSSR count). The number of aromatic nitrogens is 1. The lowest BCUT2D eigenvalue weighted by molar-refractivity contribution is -0.124. The van der Waals surface area contributed by atoms with Crippen molar-refractivity contribution in [3.63, 3.8) is 0 Å². The van der Waals surface area contributed by atoms with Crippen LogP contribution in [0.5, 0.6) is 11.5 Å². The van der Waals surface area contributed by atoms with Crippen LogP contribution in [0.2, 0.25) is 0 Å². The van der Waals surface area contributed by atoms with Crippen molar-refractivity contribution >= 4 is 115 Å². The molecule has 5 aromatic carbocycles. The number of carbonyl (C=O) groups is 3. The van der Waals surface area contributed by atoms with Gasteiger partial charge in [0.1, 0.15) is 16.5 Å². The van der Waals surface area contributed by atoms with Crippen LogP contribution in [-0.2, 0) is 9.59 Å². The molecular formula is C86H101BN4O5S4. The van der Waals surface area contributed by atoms with Gasteiger partial charge >= 0.3 is 0 Å². The Morgan fingerprint density at radius 2 is 0.840 bits per heavy atom. The Balaban J connectivity index is 0.981. The number of carbonyl (C=O) groups excluding carboxylic acids is 3. The molecule has 0 unspecified atom stereocenters. The number of fused-ring (bicyclic) bond motifs is 1. The number of hydrogen-bond donors (Lipinski definition) is 0. The molecule has 4 aromatic heterocycles. The van der Waals surface area contributed by atoms with Crippen LogP contribution in [0.25, 0.3) is 41.5 Å². The van der Waals surface area contributed by atoms with Crippen molar-refractivity contribution in [2.75, 3.05) is 31.2 Å². The highest BCUT2D eigenvalue weighted by Crippen LogP contribution is 2.51. The van der Waals surface area contributed by atoms with Gasteiger partial charge < -0.3 is 24.2 Å². The number of hydrogen-bond acceptors (Lipinski definition) is 11. The number of thiophene rings is 3. The van der Waals surface area contributed by atoms with Gasteiger partial charge in [0.2, 0.25) is 6.71 Å². The van der Waals surface area contributed by atoms with E-state index in [9.17, 15) is 4.79 Å². The first-order chi connectivity index (χ1) is 48.7. The molecule has 0 atom stereocenters. The molecule has 9 nitrogen and oxygen atoms in total. The predicted molar refractivity (Wildman–Crippen MR) is 428 cm³/mol. The lowest BCUT2D eigenvalue weighted by atomic mass is 9.34. The number of aldehydes is 1. The Morgan fingerprint density at radius 3 is 1.28 bits per heavy atom. The summed E-state index contributed by atoms with van der Waals surface area (Å²) in [6, 6.07) is 45.8. The molecule has 0 spiro atoms. The van der Waals surface area contributed by atoms with Crippen molar-refractivity contribution in [3.8, 4) is 41.6 Å². The number of rotatable bonds is 38. The van der Waals surface area contributed by atoms with Gasteiger partial charge in [0.05, 0.1) is 55.3 Å². The Labute approximate surface area is 612 Å². The molecule has 100 heavy (non-hydrogen) atoms. The molecular weight excluding hydrogens is 1310 g/mol. The van der Waals surface area contributed by atoms with Gasteiger partial charge in [0.25, 0.3) is 11.8 Å². The zero-order valence-corrected chi connectivity index (χ0v) is 64.1. The molecule has 14 heteroatoms. The van der Waals surface area contributed by atoms with E-state index in [0.717, 1.165) is 162 Å². The summed E-state index contributed by atoms with van der Waals surface area (Å²) in [5.74, 6) is 1.55. The third kappa shape index (κ3) is 17.1. The maximum Gasteiger partial charge on any atom is 0.261 e. The second-order valence-corrected chi connectivity index (χ2v) is 31.8. The van der Waals surface area contributed by atoms with Crippen LogP contribution in [0.1, 0.15) is 209 Å². The van der Waals surface area contributed by atoms with Gasteiger partial charge in [-0.15, -0.1) is 45.3 Å². The fraction of sp³-hybridized carbons (Fsp3) is 0.395. The Morgan fingerprint density at radius 1 is 0.440 bits per heavy atom. The topological polar surface area (TPSA) is 92.3 Å². The molecule has 0 fully saturated rings. The van der Waals surface area contributed by atoms with Gasteiger partial charge in [0, 0.05) is 51.0 Å². The van der Waals surface area contributed by atoms with Crippen molar-refractivity contribution in [1.29, 1.82) is 0 Å². The maximum atomic E-state index is 15.9. The first-order valence-electron chi connectivity index (χ1n) is 37.1. The minimum atomic E-state index is -0.129. The molecule has 0 aliphatic carbocycles. The summed E-state index contributed by atoms with van der Waals surface area (Å²) in [4.78, 5) is 61.9. The average Bonchev–Trinajstić information content (AvgIpc) is 1.55. The second kappa shape index (κ2) is 35.3. The summed E-state index contributed by atoms with van der Waals surface area (Å²) in [7, 11) is 0. The predicted octanol–water partition coefficient (Wildman–Crippen LogP) is 22.4. The zero-order chi connectivity index (χ0) is 70.2. The van der Waals surface area contributed by atoms with Crippen LogP contribution in [0, 0.1) is 41.5 Å². The molecule has 522 valence electrons. The average molecular weight is 1410 g/mol. The van der Waals surface area contributed by atoms with E-state index in [1.807, 2.05) is 9.80 Å². The highest BCUT2D eigenvalue weighted by Gasteiger charge is 2.49. The van der Waals surface area contributed by atoms with Crippen molar-refractivity contribution in [2.24, 2.45) is 0 Å². The summed E-state index contributed by atoms with van der Waals surface area (Å²) < 4.78 is 12.4. The van der Waals surface area contributed by atoms with Crippen molar-refractivity contribution in [1.82, 2.24) is 14.8 Å². The summed E-state index contributed by atoms with van der Waals surface area (Å²) in [6.45, 7) is 24.6. The maximum absolute atomic E-state index is 15.9. The van der Waals surface area contributed by atoms with Gasteiger partial charge in [-0.25, -0.2) is 4.98 Å². The van der Waals surface area contributed by atoms with E-state index in [0.29, 0.717) is 42.3 Å². The molecule has 0 N–H and O–H groups in total. The van der Waals surface area contributed by atoms with Crippen LogP contribution in [0.15, 0.2) is 145 Å². The molecule has 2 amide bonds. The van der Waals surface area contributed by atoms with Crippen LogP contribution < -0.4 is 30.8 Å². The number of aryl methyl sites for hydroxylation is 6. The molecule has 2 aliphatic rings. The Bertz CT molecular complexity index is 4160. The Hall–Kier alpha value is -7.62. The van der Waals surface area contributed by atoms with E-state index in [4.69, 9.17) is 14.5 Å². The quantitative estimate of drug-likeness (QED) is 0.0216. The highest BCUT2D eigenvalue weighted by atomic mass is 32.1. The van der Waals surface area contributed by atoms with Crippen molar-refractivity contribution in [3.05, 3.63) is 193 Å². The van der Waals surface area contributed by atoms with Gasteiger partial charge in [0.15, 0.2) is 6.29 Å². The lowest BCUT2D eigenvalue weighted by Gasteiger charge is -2.26. The van der Waals surface area contributed by atoms with Crippen molar-refractivity contribution in [2.45, 2.75) is 198 Å². The molecule has 2 aliphatic heterocycles. The molecule has 6 heterocycles. The van der Waals surface area contributed by atoms with Gasteiger partial charge in [-0.3, -0.25) is 14.4 Å². The van der Waals surface area contributed by atoms with E-state index in [1.54, 1.807) is 40.2 Å². The first-order valence-corrected chi connectivity index (χ1v) is 40.4. The van der Waals surface area contributed by atoms with Gasteiger partial charge in [-0.05, 0) is 169 Å². The second-order valence-electron chi connectivity index (χ2n) is 27.6. The van der Waals surface area contributed by atoms with E-state index in [-0.39, 0.29) is 18.5 Å². The Kier molecular flexibility index (Phi) is 26.0. The minimum Gasteiger partial charge on any atom is -0.494 e. The minimum absolute atomic E-state index is 0.0919. The summed E-state index contributed by atoms with van der Waals surface area (Å²) >= 11 is 6.45. The van der Waals surface area contributed by atoms with Crippen LogP contribution in [0.4, 0.5) is 17.1 Å². The van der Waals surface area contributed by atoms with E-state index >= 15 is 9.59 Å². The monoisotopic (exact) mass is 1410 g/mol. The number of benzene rings is 5. The lowest BCUT2D eigenvalue weighted by Crippen LogP contribution is -2.56.